The van der Waals surface area contributed by atoms with Crippen molar-refractivity contribution in [2.75, 3.05) is 19.0 Å². The quantitative estimate of drug-likeness (QED) is 0.776. The fourth-order valence-electron chi connectivity index (χ4n) is 1.75. The maximum Gasteiger partial charge on any atom is 0.251 e. The molecule has 3 heteroatoms. The zero-order valence-corrected chi connectivity index (χ0v) is 10.1. The van der Waals surface area contributed by atoms with E-state index in [4.69, 9.17) is 0 Å². The molecule has 1 aliphatic heterocycles. The lowest BCUT2D eigenvalue weighted by atomic mass is 10.1. The summed E-state index contributed by atoms with van der Waals surface area (Å²) in [5, 5.41) is 0. The SMILES string of the molecule is CN(C)C(=O)C1=CN(c2ccccc2)C=CC1. The van der Waals surface area contributed by atoms with Crippen LogP contribution < -0.4 is 4.90 Å². The zero-order valence-electron chi connectivity index (χ0n) is 10.1. The molecule has 0 unspecified atom stereocenters. The van der Waals surface area contributed by atoms with Crippen LogP contribution in [0.25, 0.3) is 0 Å². The Morgan fingerprint density at radius 3 is 2.59 bits per heavy atom. The van der Waals surface area contributed by atoms with Crippen LogP contribution in [0.15, 0.2) is 54.4 Å². The van der Waals surface area contributed by atoms with Gasteiger partial charge in [0.15, 0.2) is 0 Å². The van der Waals surface area contributed by atoms with Crippen LogP contribution in [0.2, 0.25) is 0 Å². The molecule has 0 atom stereocenters. The van der Waals surface area contributed by atoms with E-state index in [0.29, 0.717) is 6.42 Å². The molecular weight excluding hydrogens is 212 g/mol. The number of para-hydroxylation sites is 1. The Kier molecular flexibility index (Phi) is 3.28. The highest BCUT2D eigenvalue weighted by molar-refractivity contribution is 5.94. The van der Waals surface area contributed by atoms with Gasteiger partial charge in [-0.3, -0.25) is 4.79 Å². The molecule has 3 nitrogen and oxygen atoms in total. The lowest BCUT2D eigenvalue weighted by Gasteiger charge is -2.22. The second-order valence-electron chi connectivity index (χ2n) is 4.19. The third-order valence-corrected chi connectivity index (χ3v) is 2.63. The summed E-state index contributed by atoms with van der Waals surface area (Å²) in [6.07, 6.45) is 6.59. The van der Waals surface area contributed by atoms with Crippen LogP contribution in [0, 0.1) is 0 Å². The van der Waals surface area contributed by atoms with Gasteiger partial charge in [-0.1, -0.05) is 24.3 Å². The number of carbonyl (C=O) groups excluding carboxylic acids is 1. The highest BCUT2D eigenvalue weighted by Gasteiger charge is 2.15. The van der Waals surface area contributed by atoms with Crippen LogP contribution in [0.3, 0.4) is 0 Å². The number of likely N-dealkylation sites (N-methyl/N-ethyl adjacent to an activating group) is 1. The molecule has 88 valence electrons. The number of carbonyl (C=O) groups is 1. The van der Waals surface area contributed by atoms with Crippen LogP contribution in [-0.4, -0.2) is 24.9 Å². The summed E-state index contributed by atoms with van der Waals surface area (Å²) in [7, 11) is 3.54. The van der Waals surface area contributed by atoms with Crippen molar-refractivity contribution in [1.29, 1.82) is 0 Å². The number of benzene rings is 1. The summed E-state index contributed by atoms with van der Waals surface area (Å²) < 4.78 is 0. The van der Waals surface area contributed by atoms with Crippen molar-refractivity contribution in [2.45, 2.75) is 6.42 Å². The van der Waals surface area contributed by atoms with Crippen LogP contribution in [0.5, 0.6) is 0 Å². The van der Waals surface area contributed by atoms with E-state index >= 15 is 0 Å². The van der Waals surface area contributed by atoms with Gasteiger partial charge in [-0.15, -0.1) is 0 Å². The van der Waals surface area contributed by atoms with Crippen LogP contribution in [-0.2, 0) is 4.79 Å². The summed E-state index contributed by atoms with van der Waals surface area (Å²) in [5.74, 6) is 0.0651. The number of anilines is 1. The monoisotopic (exact) mass is 228 g/mol. The van der Waals surface area contributed by atoms with E-state index in [1.54, 1.807) is 19.0 Å². The van der Waals surface area contributed by atoms with E-state index in [-0.39, 0.29) is 5.91 Å². The fourth-order valence-corrected chi connectivity index (χ4v) is 1.75. The Bertz CT molecular complexity index is 460. The molecule has 0 saturated carbocycles. The number of hydrogen-bond donors (Lipinski definition) is 0. The molecule has 1 aromatic rings. The van der Waals surface area contributed by atoms with Gasteiger partial charge in [-0.05, 0) is 18.6 Å². The Morgan fingerprint density at radius 2 is 1.94 bits per heavy atom. The van der Waals surface area contributed by atoms with Gasteiger partial charge in [-0.25, -0.2) is 0 Å². The van der Waals surface area contributed by atoms with Crippen molar-refractivity contribution < 1.29 is 4.79 Å². The van der Waals surface area contributed by atoms with Gasteiger partial charge in [0.25, 0.3) is 5.91 Å². The van der Waals surface area contributed by atoms with E-state index in [1.807, 2.05) is 53.7 Å². The molecule has 0 fully saturated rings. The van der Waals surface area contributed by atoms with Gasteiger partial charge in [0.05, 0.1) is 0 Å². The van der Waals surface area contributed by atoms with E-state index in [2.05, 4.69) is 0 Å². The third kappa shape index (κ3) is 2.56. The van der Waals surface area contributed by atoms with Crippen molar-refractivity contribution in [3.8, 4) is 0 Å². The molecule has 0 aromatic heterocycles. The smallest absolute Gasteiger partial charge is 0.251 e. The van der Waals surface area contributed by atoms with Gasteiger partial charge in [0, 0.05) is 37.8 Å². The Balaban J connectivity index is 2.23. The minimum Gasteiger partial charge on any atom is -0.345 e. The van der Waals surface area contributed by atoms with Crippen molar-refractivity contribution in [1.82, 2.24) is 4.90 Å². The Labute approximate surface area is 102 Å². The highest BCUT2D eigenvalue weighted by atomic mass is 16.2. The van der Waals surface area contributed by atoms with E-state index in [0.717, 1.165) is 11.3 Å². The lowest BCUT2D eigenvalue weighted by Crippen LogP contribution is -2.26. The minimum absolute atomic E-state index is 0.0651. The van der Waals surface area contributed by atoms with Gasteiger partial charge in [0.1, 0.15) is 0 Å². The summed E-state index contributed by atoms with van der Waals surface area (Å²) in [6, 6.07) is 9.98. The predicted octanol–water partition coefficient (Wildman–Crippen LogP) is 2.38. The molecule has 1 aromatic carbocycles. The molecule has 1 amide bonds. The molecule has 0 spiro atoms. The maximum absolute atomic E-state index is 11.9. The normalized spacial score (nSPS) is 14.5. The first-order valence-corrected chi connectivity index (χ1v) is 5.61. The predicted molar refractivity (Wildman–Crippen MR) is 69.5 cm³/mol. The molecule has 0 bridgehead atoms. The van der Waals surface area contributed by atoms with Crippen molar-refractivity contribution in [3.63, 3.8) is 0 Å². The molecule has 17 heavy (non-hydrogen) atoms. The van der Waals surface area contributed by atoms with Crippen molar-refractivity contribution in [2.24, 2.45) is 0 Å². The molecule has 2 rings (SSSR count). The second kappa shape index (κ2) is 4.87. The van der Waals surface area contributed by atoms with Crippen molar-refractivity contribution >= 4 is 11.6 Å². The molecule has 1 heterocycles. The molecule has 0 radical (unpaired) electrons. The summed E-state index contributed by atoms with van der Waals surface area (Å²) in [6.45, 7) is 0. The number of nitrogens with zero attached hydrogens (tertiary/aromatic N) is 2. The summed E-state index contributed by atoms with van der Waals surface area (Å²) >= 11 is 0. The first kappa shape index (κ1) is 11.5. The molecule has 0 N–H and O–H groups in total. The summed E-state index contributed by atoms with van der Waals surface area (Å²) in [4.78, 5) is 15.4. The Hall–Kier alpha value is -2.03. The van der Waals surface area contributed by atoms with E-state index in [1.165, 1.54) is 0 Å². The number of hydrogen-bond acceptors (Lipinski definition) is 2. The molecule has 0 aliphatic carbocycles. The first-order chi connectivity index (χ1) is 8.18. The van der Waals surface area contributed by atoms with Crippen LogP contribution >= 0.6 is 0 Å². The van der Waals surface area contributed by atoms with Gasteiger partial charge < -0.3 is 9.80 Å². The average molecular weight is 228 g/mol. The molecular formula is C14H16N2O. The number of rotatable bonds is 2. The zero-order chi connectivity index (χ0) is 12.3. The Morgan fingerprint density at radius 1 is 1.24 bits per heavy atom. The standard InChI is InChI=1S/C14H16N2O/c1-15(2)14(17)12-7-6-10-16(11-12)13-8-4-3-5-9-13/h3-6,8-11H,7H2,1-2H3. The largest absolute Gasteiger partial charge is 0.345 e. The molecule has 0 saturated heterocycles. The van der Waals surface area contributed by atoms with Crippen LogP contribution in [0.4, 0.5) is 5.69 Å². The third-order valence-electron chi connectivity index (χ3n) is 2.63. The summed E-state index contributed by atoms with van der Waals surface area (Å²) in [5.41, 5.74) is 1.87. The molecule has 1 aliphatic rings. The topological polar surface area (TPSA) is 23.6 Å². The van der Waals surface area contributed by atoms with E-state index < -0.39 is 0 Å². The number of allylic oxidation sites excluding steroid dienone is 1. The highest BCUT2D eigenvalue weighted by Crippen LogP contribution is 2.21. The van der Waals surface area contributed by atoms with E-state index in [9.17, 15) is 4.79 Å². The maximum atomic E-state index is 11.9. The second-order valence-corrected chi connectivity index (χ2v) is 4.19. The van der Waals surface area contributed by atoms with Gasteiger partial charge in [-0.2, -0.15) is 0 Å². The lowest BCUT2D eigenvalue weighted by molar-refractivity contribution is -0.124. The number of amides is 1. The van der Waals surface area contributed by atoms with Crippen molar-refractivity contribution in [3.05, 3.63) is 54.4 Å². The van der Waals surface area contributed by atoms with Crippen LogP contribution in [0.1, 0.15) is 6.42 Å². The van der Waals surface area contributed by atoms with Gasteiger partial charge >= 0.3 is 0 Å². The first-order valence-electron chi connectivity index (χ1n) is 5.61. The average Bonchev–Trinajstić information content (AvgIpc) is 2.39. The van der Waals surface area contributed by atoms with Gasteiger partial charge in [0.2, 0.25) is 0 Å². The minimum atomic E-state index is 0.0651. The fraction of sp³-hybridized carbons (Fsp3) is 0.214.